The normalized spacial score (nSPS) is 10.9. The highest BCUT2D eigenvalue weighted by molar-refractivity contribution is 9.10. The molecule has 0 amide bonds. The molecular weight excluding hydrogens is 263 g/mol. The van der Waals surface area contributed by atoms with Gasteiger partial charge in [0, 0.05) is 19.9 Å². The van der Waals surface area contributed by atoms with Crippen molar-refractivity contribution in [2.45, 2.75) is 6.92 Å². The molecule has 2 aromatic rings. The summed E-state index contributed by atoms with van der Waals surface area (Å²) in [5.74, 6) is 0. The van der Waals surface area contributed by atoms with Crippen LogP contribution in [0.3, 0.4) is 0 Å². The minimum absolute atomic E-state index is 0.576. The highest BCUT2D eigenvalue weighted by Gasteiger charge is 2.15. The van der Waals surface area contributed by atoms with Crippen molar-refractivity contribution in [1.82, 2.24) is 0 Å². The van der Waals surface area contributed by atoms with Crippen molar-refractivity contribution in [3.63, 3.8) is 0 Å². The lowest BCUT2D eigenvalue weighted by Gasteiger charge is -2.04. The van der Waals surface area contributed by atoms with Crippen LogP contribution in [0.1, 0.15) is 5.56 Å². The Balaban J connectivity index is 2.72. The molecule has 0 unspecified atom stereocenters. The first-order valence-corrected chi connectivity index (χ1v) is 5.80. The molecule has 0 aliphatic rings. The fourth-order valence-electron chi connectivity index (χ4n) is 1.44. The zero-order chi connectivity index (χ0) is 10.3. The van der Waals surface area contributed by atoms with Crippen molar-refractivity contribution in [3.8, 4) is 0 Å². The molecule has 0 aliphatic carbocycles. The Kier molecular flexibility index (Phi) is 2.66. The molecule has 2 N–H and O–H groups in total. The quantitative estimate of drug-likeness (QED) is 0.774. The number of hydrogen-bond donors (Lipinski definition) is 2. The molecule has 1 aromatic heterocycles. The van der Waals surface area contributed by atoms with Gasteiger partial charge in [0.2, 0.25) is 0 Å². The summed E-state index contributed by atoms with van der Waals surface area (Å²) in [6.45, 7) is 1.87. The minimum Gasteiger partial charge on any atom is -0.423 e. The first kappa shape index (κ1) is 10.2. The Morgan fingerprint density at radius 3 is 2.71 bits per heavy atom. The molecule has 2 nitrogen and oxygen atoms in total. The standard InChI is InChI=1S/C9H8BBrO2S/c1-5-2-6-8(11)4-14-9(6)3-7(5)10(12)13/h2-4,12-13H,1H3. The van der Waals surface area contributed by atoms with Gasteiger partial charge in [0.15, 0.2) is 0 Å². The van der Waals surface area contributed by atoms with Gasteiger partial charge in [-0.25, -0.2) is 0 Å². The molecule has 2 rings (SSSR count). The van der Waals surface area contributed by atoms with E-state index in [0.29, 0.717) is 5.46 Å². The summed E-state index contributed by atoms with van der Waals surface area (Å²) in [5, 5.41) is 21.4. The van der Waals surface area contributed by atoms with Crippen LogP contribution in [0.15, 0.2) is 22.0 Å². The number of benzene rings is 1. The summed E-state index contributed by atoms with van der Waals surface area (Å²) in [7, 11) is -1.39. The fraction of sp³-hybridized carbons (Fsp3) is 0.111. The van der Waals surface area contributed by atoms with Crippen LogP contribution in [0.4, 0.5) is 0 Å². The monoisotopic (exact) mass is 270 g/mol. The maximum absolute atomic E-state index is 9.12. The molecule has 0 spiro atoms. The van der Waals surface area contributed by atoms with Gasteiger partial charge in [0.1, 0.15) is 0 Å². The molecule has 0 bridgehead atoms. The van der Waals surface area contributed by atoms with Gasteiger partial charge in [0.05, 0.1) is 0 Å². The van der Waals surface area contributed by atoms with Crippen molar-refractivity contribution in [1.29, 1.82) is 0 Å². The zero-order valence-corrected chi connectivity index (χ0v) is 9.89. The second kappa shape index (κ2) is 3.66. The number of rotatable bonds is 1. The average molecular weight is 271 g/mol. The number of aryl methyl sites for hydroxylation is 1. The third kappa shape index (κ3) is 1.61. The van der Waals surface area contributed by atoms with E-state index in [1.54, 1.807) is 11.3 Å². The number of thiophene rings is 1. The van der Waals surface area contributed by atoms with Crippen molar-refractivity contribution < 1.29 is 10.0 Å². The van der Waals surface area contributed by atoms with Gasteiger partial charge < -0.3 is 10.0 Å². The van der Waals surface area contributed by atoms with E-state index in [0.717, 1.165) is 20.1 Å². The molecule has 14 heavy (non-hydrogen) atoms. The Hall–Kier alpha value is -0.355. The molecule has 1 aromatic carbocycles. The second-order valence-electron chi connectivity index (χ2n) is 3.16. The van der Waals surface area contributed by atoms with Crippen LogP contribution < -0.4 is 5.46 Å². The first-order chi connectivity index (χ1) is 6.59. The number of halogens is 1. The highest BCUT2D eigenvalue weighted by Crippen LogP contribution is 2.30. The van der Waals surface area contributed by atoms with E-state index in [4.69, 9.17) is 10.0 Å². The maximum atomic E-state index is 9.12. The lowest BCUT2D eigenvalue weighted by molar-refractivity contribution is 0.425. The smallest absolute Gasteiger partial charge is 0.423 e. The summed E-state index contributed by atoms with van der Waals surface area (Å²) < 4.78 is 2.12. The van der Waals surface area contributed by atoms with E-state index >= 15 is 0 Å². The van der Waals surface area contributed by atoms with Crippen LogP contribution in [0.5, 0.6) is 0 Å². The van der Waals surface area contributed by atoms with Gasteiger partial charge >= 0.3 is 7.12 Å². The molecule has 72 valence electrons. The molecule has 0 aliphatic heterocycles. The van der Waals surface area contributed by atoms with Gasteiger partial charge in [-0.1, -0.05) is 5.56 Å². The summed E-state index contributed by atoms with van der Waals surface area (Å²) in [4.78, 5) is 0. The zero-order valence-electron chi connectivity index (χ0n) is 7.49. The predicted octanol–water partition coefficient (Wildman–Crippen LogP) is 1.65. The van der Waals surface area contributed by atoms with Gasteiger partial charge in [-0.3, -0.25) is 0 Å². The molecule has 0 fully saturated rings. The Morgan fingerprint density at radius 1 is 1.36 bits per heavy atom. The highest BCUT2D eigenvalue weighted by atomic mass is 79.9. The molecule has 5 heteroatoms. The summed E-state index contributed by atoms with van der Waals surface area (Å²) in [6, 6.07) is 3.79. The SMILES string of the molecule is Cc1cc2c(Br)csc2cc1B(O)O. The molecule has 0 saturated heterocycles. The van der Waals surface area contributed by atoms with Gasteiger partial charge in [-0.2, -0.15) is 0 Å². The molecule has 0 radical (unpaired) electrons. The van der Waals surface area contributed by atoms with Crippen LogP contribution in [0, 0.1) is 6.92 Å². The molecule has 1 heterocycles. The molecule has 0 saturated carbocycles. The summed E-state index contributed by atoms with van der Waals surface area (Å²) >= 11 is 5.03. The van der Waals surface area contributed by atoms with E-state index in [1.807, 2.05) is 24.4 Å². The largest absolute Gasteiger partial charge is 0.488 e. The predicted molar refractivity (Wildman–Crippen MR) is 64.1 cm³/mol. The first-order valence-electron chi connectivity index (χ1n) is 4.13. The van der Waals surface area contributed by atoms with Gasteiger partial charge in [0.25, 0.3) is 0 Å². The maximum Gasteiger partial charge on any atom is 0.488 e. The van der Waals surface area contributed by atoms with Crippen molar-refractivity contribution >= 4 is 49.9 Å². The summed E-state index contributed by atoms with van der Waals surface area (Å²) in [6.07, 6.45) is 0. The summed E-state index contributed by atoms with van der Waals surface area (Å²) in [5.41, 5.74) is 1.47. The van der Waals surface area contributed by atoms with Crippen molar-refractivity contribution in [2.75, 3.05) is 0 Å². The second-order valence-corrected chi connectivity index (χ2v) is 4.93. The van der Waals surface area contributed by atoms with Crippen LogP contribution in [0.25, 0.3) is 10.1 Å². The van der Waals surface area contributed by atoms with E-state index < -0.39 is 7.12 Å². The van der Waals surface area contributed by atoms with E-state index in [-0.39, 0.29) is 0 Å². The van der Waals surface area contributed by atoms with E-state index in [9.17, 15) is 0 Å². The van der Waals surface area contributed by atoms with E-state index in [2.05, 4.69) is 15.9 Å². The third-order valence-corrected chi connectivity index (χ3v) is 4.10. The Labute approximate surface area is 94.5 Å². The topological polar surface area (TPSA) is 40.5 Å². The van der Waals surface area contributed by atoms with Crippen LogP contribution in [0.2, 0.25) is 0 Å². The van der Waals surface area contributed by atoms with Gasteiger partial charge in [-0.15, -0.1) is 11.3 Å². The van der Waals surface area contributed by atoms with Crippen LogP contribution in [-0.2, 0) is 0 Å². The lowest BCUT2D eigenvalue weighted by Crippen LogP contribution is -2.31. The number of fused-ring (bicyclic) bond motifs is 1. The Morgan fingerprint density at radius 2 is 2.07 bits per heavy atom. The minimum atomic E-state index is -1.39. The van der Waals surface area contributed by atoms with Crippen LogP contribution in [-0.4, -0.2) is 17.2 Å². The van der Waals surface area contributed by atoms with Gasteiger partial charge in [-0.05, 0) is 40.4 Å². The fourth-order valence-corrected chi connectivity index (χ4v) is 3.03. The third-order valence-electron chi connectivity index (χ3n) is 2.19. The van der Waals surface area contributed by atoms with Crippen LogP contribution >= 0.6 is 27.3 Å². The average Bonchev–Trinajstić information content (AvgIpc) is 2.46. The van der Waals surface area contributed by atoms with Crippen molar-refractivity contribution in [2.24, 2.45) is 0 Å². The lowest BCUT2D eigenvalue weighted by atomic mass is 9.77. The van der Waals surface area contributed by atoms with E-state index in [1.165, 1.54) is 0 Å². The van der Waals surface area contributed by atoms with Crippen molar-refractivity contribution in [3.05, 3.63) is 27.5 Å². The molecular formula is C9H8BBrO2S. The number of hydrogen-bond acceptors (Lipinski definition) is 3. The Bertz CT molecular complexity index is 481. The molecule has 0 atom stereocenters.